The minimum Gasteiger partial charge on any atom is -0.372 e. The lowest BCUT2D eigenvalue weighted by atomic mass is 10.1. The monoisotopic (exact) mass is 362 g/mol. The van der Waals surface area contributed by atoms with Gasteiger partial charge in [0.25, 0.3) is 0 Å². The number of carbonyl (C=O) groups is 2. The van der Waals surface area contributed by atoms with E-state index in [9.17, 15) is 9.59 Å². The molecule has 3 heterocycles. The summed E-state index contributed by atoms with van der Waals surface area (Å²) in [5.41, 5.74) is 0.856. The van der Waals surface area contributed by atoms with E-state index in [4.69, 9.17) is 4.74 Å². The Kier molecular flexibility index (Phi) is 5.83. The first kappa shape index (κ1) is 17.6. The van der Waals surface area contributed by atoms with Crippen LogP contribution in [-0.4, -0.2) is 52.6 Å². The summed E-state index contributed by atoms with van der Waals surface area (Å²) in [6.45, 7) is 3.74. The number of ether oxygens (including phenoxy) is 1. The van der Waals surface area contributed by atoms with Crippen LogP contribution in [0.1, 0.15) is 23.5 Å². The summed E-state index contributed by atoms with van der Waals surface area (Å²) < 4.78 is 7.06. The molecule has 134 valence electrons. The number of hydrogen-bond acceptors (Lipinski definition) is 5. The van der Waals surface area contributed by atoms with Gasteiger partial charge in [-0.05, 0) is 24.8 Å². The number of amides is 2. The van der Waals surface area contributed by atoms with Crippen molar-refractivity contribution < 1.29 is 14.3 Å². The zero-order chi connectivity index (χ0) is 17.6. The molecule has 7 nitrogen and oxygen atoms in total. The first-order valence-electron chi connectivity index (χ1n) is 8.35. The molecule has 3 rings (SSSR count). The molecule has 1 N–H and O–H groups in total. The number of imidazole rings is 1. The number of aromatic nitrogens is 2. The van der Waals surface area contributed by atoms with Gasteiger partial charge in [-0.3, -0.25) is 9.59 Å². The quantitative estimate of drug-likeness (QED) is 0.804. The van der Waals surface area contributed by atoms with Gasteiger partial charge in [-0.1, -0.05) is 6.07 Å². The Morgan fingerprint density at radius 1 is 1.48 bits per heavy atom. The molecule has 2 aromatic heterocycles. The number of thiophene rings is 1. The van der Waals surface area contributed by atoms with Gasteiger partial charge < -0.3 is 19.5 Å². The van der Waals surface area contributed by atoms with Crippen LogP contribution < -0.4 is 5.32 Å². The highest BCUT2D eigenvalue weighted by atomic mass is 32.1. The highest BCUT2D eigenvalue weighted by Crippen LogP contribution is 2.21. The summed E-state index contributed by atoms with van der Waals surface area (Å²) in [6, 6.07) is 3.60. The van der Waals surface area contributed by atoms with E-state index >= 15 is 0 Å². The fourth-order valence-electron chi connectivity index (χ4n) is 2.85. The molecule has 0 spiro atoms. The van der Waals surface area contributed by atoms with Crippen molar-refractivity contribution in [2.24, 2.45) is 0 Å². The first-order valence-corrected chi connectivity index (χ1v) is 9.23. The third kappa shape index (κ3) is 4.26. The second-order valence-electron chi connectivity index (χ2n) is 5.84. The zero-order valence-electron chi connectivity index (χ0n) is 14.2. The van der Waals surface area contributed by atoms with Crippen molar-refractivity contribution in [2.75, 3.05) is 26.3 Å². The summed E-state index contributed by atoms with van der Waals surface area (Å²) in [7, 11) is 0. The van der Waals surface area contributed by atoms with Crippen LogP contribution in [-0.2, 0) is 27.3 Å². The lowest BCUT2D eigenvalue weighted by molar-refractivity contribution is -0.139. The normalized spacial score (nSPS) is 16.5. The molecular formula is C17H22N4O3S. The van der Waals surface area contributed by atoms with Crippen LogP contribution in [0, 0.1) is 0 Å². The molecule has 2 aromatic rings. The first-order chi connectivity index (χ1) is 12.2. The minimum absolute atomic E-state index is 0.0390. The molecule has 0 saturated carbocycles. The summed E-state index contributed by atoms with van der Waals surface area (Å²) >= 11 is 1.68. The van der Waals surface area contributed by atoms with Crippen molar-refractivity contribution in [3.05, 3.63) is 40.6 Å². The zero-order valence-corrected chi connectivity index (χ0v) is 15.0. The van der Waals surface area contributed by atoms with Crippen LogP contribution in [0.15, 0.2) is 30.0 Å². The maximum Gasteiger partial charge on any atom is 0.249 e. The molecule has 8 heteroatoms. The molecule has 0 fully saturated rings. The molecule has 0 saturated heterocycles. The minimum atomic E-state index is -0.458. The number of hydrogen-bond donors (Lipinski definition) is 1. The average Bonchev–Trinajstić information content (AvgIpc) is 3.29. The third-order valence-electron chi connectivity index (χ3n) is 4.16. The second-order valence-corrected chi connectivity index (χ2v) is 6.87. The van der Waals surface area contributed by atoms with E-state index in [-0.39, 0.29) is 18.4 Å². The van der Waals surface area contributed by atoms with Crippen molar-refractivity contribution in [1.29, 1.82) is 0 Å². The van der Waals surface area contributed by atoms with Crippen LogP contribution in [0.3, 0.4) is 0 Å². The lowest BCUT2D eigenvalue weighted by Gasteiger charge is -2.33. The summed E-state index contributed by atoms with van der Waals surface area (Å²) in [5, 5.41) is 5.00. The van der Waals surface area contributed by atoms with Crippen molar-refractivity contribution in [3.63, 3.8) is 0 Å². The van der Waals surface area contributed by atoms with E-state index in [0.717, 1.165) is 12.1 Å². The van der Waals surface area contributed by atoms with Crippen LogP contribution in [0.2, 0.25) is 0 Å². The third-order valence-corrected chi connectivity index (χ3v) is 5.10. The maximum atomic E-state index is 12.6. The van der Waals surface area contributed by atoms with Crippen LogP contribution in [0.5, 0.6) is 0 Å². The topological polar surface area (TPSA) is 76.5 Å². The second kappa shape index (κ2) is 8.26. The summed E-state index contributed by atoms with van der Waals surface area (Å²) in [6.07, 6.45) is 4.16. The van der Waals surface area contributed by atoms with Gasteiger partial charge in [-0.15, -0.1) is 11.3 Å². The van der Waals surface area contributed by atoms with E-state index in [2.05, 4.69) is 16.4 Å². The lowest BCUT2D eigenvalue weighted by Crippen LogP contribution is -2.47. The molecular weight excluding hydrogens is 340 g/mol. The van der Waals surface area contributed by atoms with Gasteiger partial charge in [0, 0.05) is 24.2 Å². The van der Waals surface area contributed by atoms with Crippen molar-refractivity contribution >= 4 is 23.2 Å². The highest BCUT2D eigenvalue weighted by molar-refractivity contribution is 7.09. The summed E-state index contributed by atoms with van der Waals surface area (Å²) in [5.74, 6) is -0.199. The Bertz CT molecular complexity index is 713. The van der Waals surface area contributed by atoms with E-state index < -0.39 is 6.04 Å². The Balaban J connectivity index is 1.62. The van der Waals surface area contributed by atoms with Crippen LogP contribution in [0.25, 0.3) is 0 Å². The maximum absolute atomic E-state index is 12.6. The molecule has 2 amide bonds. The van der Waals surface area contributed by atoms with Crippen LogP contribution in [0.4, 0.5) is 0 Å². The Morgan fingerprint density at radius 2 is 2.36 bits per heavy atom. The number of carbonyl (C=O) groups excluding carboxylic acids is 2. The van der Waals surface area contributed by atoms with E-state index in [0.29, 0.717) is 26.2 Å². The largest absolute Gasteiger partial charge is 0.372 e. The van der Waals surface area contributed by atoms with Gasteiger partial charge in [-0.25, -0.2) is 4.98 Å². The Hall–Kier alpha value is -2.19. The molecule has 1 aliphatic heterocycles. The SMILES string of the molecule is CCOCC(=O)N1Cc2cncn2[C@@H](C(=O)NCCc2cccs2)C1. The smallest absolute Gasteiger partial charge is 0.249 e. The van der Waals surface area contributed by atoms with Crippen molar-refractivity contribution in [1.82, 2.24) is 19.8 Å². The molecule has 0 aliphatic carbocycles. The highest BCUT2D eigenvalue weighted by Gasteiger charge is 2.32. The Labute approximate surface area is 150 Å². The molecule has 0 unspecified atom stereocenters. The summed E-state index contributed by atoms with van der Waals surface area (Å²) in [4.78, 5) is 31.9. The van der Waals surface area contributed by atoms with Gasteiger partial charge in [0.15, 0.2) is 0 Å². The molecule has 1 aliphatic rings. The van der Waals surface area contributed by atoms with Crippen molar-refractivity contribution in [3.8, 4) is 0 Å². The molecule has 0 bridgehead atoms. The number of fused-ring (bicyclic) bond motifs is 1. The fourth-order valence-corrected chi connectivity index (χ4v) is 3.56. The van der Waals surface area contributed by atoms with Gasteiger partial charge >= 0.3 is 0 Å². The predicted octanol–water partition coefficient (Wildman–Crippen LogP) is 1.22. The number of nitrogens with one attached hydrogen (secondary N) is 1. The predicted molar refractivity (Wildman–Crippen MR) is 94.2 cm³/mol. The van der Waals surface area contributed by atoms with Gasteiger partial charge in [0.05, 0.1) is 25.1 Å². The standard InChI is InChI=1S/C17H22N4O3S/c1-2-24-11-16(22)20-9-13-8-18-12-21(13)15(10-20)17(23)19-6-5-14-4-3-7-25-14/h3-4,7-8,12,15H,2,5-6,9-11H2,1H3,(H,19,23)/t15-/m1/s1. The van der Waals surface area contributed by atoms with E-state index in [1.165, 1.54) is 4.88 Å². The van der Waals surface area contributed by atoms with Crippen molar-refractivity contribution in [2.45, 2.75) is 25.9 Å². The number of rotatable bonds is 7. The fraction of sp³-hybridized carbons (Fsp3) is 0.471. The van der Waals surface area contributed by atoms with Gasteiger partial charge in [0.1, 0.15) is 12.6 Å². The molecule has 0 aromatic carbocycles. The Morgan fingerprint density at radius 3 is 3.12 bits per heavy atom. The molecule has 25 heavy (non-hydrogen) atoms. The number of nitrogens with zero attached hydrogens (tertiary/aromatic N) is 3. The van der Waals surface area contributed by atoms with E-state index in [1.807, 2.05) is 22.9 Å². The average molecular weight is 362 g/mol. The van der Waals surface area contributed by atoms with Crippen LogP contribution >= 0.6 is 11.3 Å². The molecule has 0 radical (unpaired) electrons. The van der Waals surface area contributed by atoms with E-state index in [1.54, 1.807) is 28.8 Å². The molecule has 1 atom stereocenters. The van der Waals surface area contributed by atoms with Gasteiger partial charge in [-0.2, -0.15) is 0 Å². The van der Waals surface area contributed by atoms with Gasteiger partial charge in [0.2, 0.25) is 11.8 Å².